The van der Waals surface area contributed by atoms with Crippen LogP contribution >= 0.6 is 0 Å². The normalized spacial score (nSPS) is 11.0. The molecule has 0 bridgehead atoms. The molecule has 0 aliphatic carbocycles. The van der Waals surface area contributed by atoms with Crippen LogP contribution in [-0.2, 0) is 0 Å². The number of para-hydroxylation sites is 1. The van der Waals surface area contributed by atoms with Crippen molar-refractivity contribution in [2.24, 2.45) is 0 Å². The number of aromatic nitrogens is 5. The fourth-order valence-electron chi connectivity index (χ4n) is 8.55. The summed E-state index contributed by atoms with van der Waals surface area (Å²) in [6.07, 6.45) is 0. The summed E-state index contributed by atoms with van der Waals surface area (Å²) in [5, 5.41) is 21.7. The molecule has 0 unspecified atom stereocenters. The molecule has 8 aromatic carbocycles. The topological polar surface area (TPSA) is 104 Å². The molecule has 0 spiro atoms. The fourth-order valence-corrected chi connectivity index (χ4v) is 8.55. The maximum atomic E-state index is 9.80. The first kappa shape index (κ1) is 38.6. The zero-order valence-electron chi connectivity index (χ0n) is 34.8. The number of nitrogens with zero attached hydrogens (tertiary/aromatic N) is 7. The first-order valence-electron chi connectivity index (χ1n) is 21.2. The third kappa shape index (κ3) is 7.36. The second-order valence-corrected chi connectivity index (χ2v) is 15.7. The maximum Gasteiger partial charge on any atom is 0.162 e. The molecule has 0 atom stereocenters. The van der Waals surface area contributed by atoms with Crippen LogP contribution in [0.25, 0.3) is 106 Å². The lowest BCUT2D eigenvalue weighted by atomic mass is 9.99. The van der Waals surface area contributed by atoms with Crippen LogP contribution < -0.4 is 0 Å². The van der Waals surface area contributed by atoms with Gasteiger partial charge in [-0.2, -0.15) is 10.5 Å². The van der Waals surface area contributed by atoms with Gasteiger partial charge in [0.15, 0.2) is 11.6 Å². The third-order valence-corrected chi connectivity index (χ3v) is 11.7. The maximum absolute atomic E-state index is 9.80. The average molecular weight is 830 g/mol. The van der Waals surface area contributed by atoms with Gasteiger partial charge in [-0.05, 0) is 71.8 Å². The van der Waals surface area contributed by atoms with Crippen molar-refractivity contribution in [1.29, 1.82) is 10.5 Å². The molecule has 0 aliphatic rings. The number of hydrogen-bond acceptors (Lipinski definition) is 6. The molecule has 65 heavy (non-hydrogen) atoms. The Hall–Kier alpha value is -9.30. The molecule has 0 radical (unpaired) electrons. The van der Waals surface area contributed by atoms with Crippen LogP contribution in [0.1, 0.15) is 11.1 Å². The van der Waals surface area contributed by atoms with Crippen molar-refractivity contribution < 1.29 is 0 Å². The van der Waals surface area contributed by atoms with E-state index in [1.54, 1.807) is 6.07 Å². The Morgan fingerprint density at radius 1 is 0.323 bits per heavy atom. The molecule has 0 fully saturated rings. The van der Waals surface area contributed by atoms with E-state index in [9.17, 15) is 10.5 Å². The molecule has 0 aliphatic heterocycles. The van der Waals surface area contributed by atoms with Gasteiger partial charge in [-0.3, -0.25) is 0 Å². The molecule has 3 heterocycles. The molecule has 0 amide bonds. The van der Waals surface area contributed by atoms with Gasteiger partial charge in [0.2, 0.25) is 0 Å². The molecule has 0 N–H and O–H groups in total. The van der Waals surface area contributed by atoms with Gasteiger partial charge in [0, 0.05) is 44.2 Å². The minimum absolute atomic E-state index is 0.439. The minimum atomic E-state index is 0.439. The summed E-state index contributed by atoms with van der Waals surface area (Å²) < 4.78 is 2.28. The van der Waals surface area contributed by atoms with Gasteiger partial charge in [-0.25, -0.2) is 19.9 Å². The smallest absolute Gasteiger partial charge is 0.162 e. The van der Waals surface area contributed by atoms with Gasteiger partial charge in [0.25, 0.3) is 0 Å². The summed E-state index contributed by atoms with van der Waals surface area (Å²) in [7, 11) is 0. The van der Waals surface area contributed by atoms with E-state index in [0.29, 0.717) is 22.8 Å². The van der Waals surface area contributed by atoms with E-state index in [-0.39, 0.29) is 0 Å². The molecule has 11 rings (SSSR count). The highest BCUT2D eigenvalue weighted by Gasteiger charge is 2.21. The predicted molar refractivity (Wildman–Crippen MR) is 259 cm³/mol. The van der Waals surface area contributed by atoms with Crippen LogP contribution in [0.2, 0.25) is 0 Å². The predicted octanol–water partition coefficient (Wildman–Crippen LogP) is 13.8. The first-order valence-corrected chi connectivity index (χ1v) is 21.2. The Kier molecular flexibility index (Phi) is 9.82. The van der Waals surface area contributed by atoms with E-state index < -0.39 is 0 Å². The Balaban J connectivity index is 1.19. The van der Waals surface area contributed by atoms with Gasteiger partial charge in [0.05, 0.1) is 62.8 Å². The van der Waals surface area contributed by atoms with Crippen LogP contribution in [-0.4, -0.2) is 24.5 Å². The monoisotopic (exact) mass is 829 g/mol. The summed E-state index contributed by atoms with van der Waals surface area (Å²) in [4.78, 5) is 21.0. The van der Waals surface area contributed by atoms with Crippen molar-refractivity contribution in [2.75, 3.05) is 0 Å². The summed E-state index contributed by atoms with van der Waals surface area (Å²) >= 11 is 0. The Morgan fingerprint density at radius 2 is 0.785 bits per heavy atom. The van der Waals surface area contributed by atoms with Crippen molar-refractivity contribution in [3.05, 3.63) is 223 Å². The first-order chi connectivity index (χ1) is 32.1. The molecule has 11 aromatic rings. The number of rotatable bonds is 8. The molecule has 0 saturated heterocycles. The summed E-state index contributed by atoms with van der Waals surface area (Å²) in [6.45, 7) is 0. The van der Waals surface area contributed by atoms with Gasteiger partial charge in [-0.1, -0.05) is 152 Å². The summed E-state index contributed by atoms with van der Waals surface area (Å²) in [5.74, 6) is 1.18. The van der Waals surface area contributed by atoms with Crippen LogP contribution in [0, 0.1) is 22.7 Å². The van der Waals surface area contributed by atoms with Crippen LogP contribution in [0.3, 0.4) is 0 Å². The lowest BCUT2D eigenvalue weighted by molar-refractivity contribution is 1.13. The zero-order valence-corrected chi connectivity index (χ0v) is 34.8. The molecular formula is C58H35N7. The molecule has 302 valence electrons. The van der Waals surface area contributed by atoms with Gasteiger partial charge in [0.1, 0.15) is 0 Å². The Labute approximate surface area is 375 Å². The Bertz CT molecular complexity index is 3520. The Morgan fingerprint density at radius 3 is 1.34 bits per heavy atom. The minimum Gasteiger partial charge on any atom is -0.309 e. The molecule has 3 aromatic heterocycles. The fraction of sp³-hybridized carbons (Fsp3) is 0. The number of nitriles is 2. The molecule has 0 saturated carbocycles. The van der Waals surface area contributed by atoms with Crippen molar-refractivity contribution in [3.8, 4) is 96.8 Å². The SMILES string of the molecule is N#Cc1cc(C#N)cc(-c2ccc3c(c2)c2ccccc2n3-c2ccc(-c3cc(-c4ccccc4)nc(-c4ccccc4)n3)cc2-c2nc(-c3ccccc3)cc(-c3ccccc3)n2)c1. The highest BCUT2D eigenvalue weighted by Crippen LogP contribution is 2.40. The van der Waals surface area contributed by atoms with Gasteiger partial charge < -0.3 is 4.57 Å². The third-order valence-electron chi connectivity index (χ3n) is 11.7. The summed E-state index contributed by atoms with van der Waals surface area (Å²) in [6, 6.07) is 75.6. The second-order valence-electron chi connectivity index (χ2n) is 15.7. The largest absolute Gasteiger partial charge is 0.309 e. The lowest BCUT2D eigenvalue weighted by Crippen LogP contribution is -2.03. The second kappa shape index (κ2) is 16.5. The van der Waals surface area contributed by atoms with E-state index in [1.807, 2.05) is 97.1 Å². The zero-order chi connectivity index (χ0) is 43.7. The van der Waals surface area contributed by atoms with Crippen LogP contribution in [0.5, 0.6) is 0 Å². The number of benzene rings is 8. The standard InChI is InChI=1S/C58H35N7/c59-36-38-29-39(37-60)31-46(30-38)44-25-27-55-48(32-44)47-23-13-14-24-54(47)65(55)56-28-26-45(53-35-50(40-15-5-1-6-16-40)61-57(62-53)43-21-11-4-12-22-43)33-49(56)58-63-51(41-17-7-2-8-18-41)34-52(64-58)42-19-9-3-10-20-42/h1-35H. The van der Waals surface area contributed by atoms with Crippen molar-refractivity contribution in [2.45, 2.75) is 0 Å². The quantitative estimate of drug-likeness (QED) is 0.151. The number of hydrogen-bond donors (Lipinski definition) is 0. The highest BCUT2D eigenvalue weighted by molar-refractivity contribution is 6.11. The van der Waals surface area contributed by atoms with Crippen LogP contribution in [0.15, 0.2) is 212 Å². The van der Waals surface area contributed by atoms with Crippen molar-refractivity contribution in [3.63, 3.8) is 0 Å². The van der Waals surface area contributed by atoms with Gasteiger partial charge in [-0.15, -0.1) is 0 Å². The van der Waals surface area contributed by atoms with E-state index in [1.165, 1.54) is 0 Å². The van der Waals surface area contributed by atoms with Crippen LogP contribution in [0.4, 0.5) is 0 Å². The molecular weight excluding hydrogens is 795 g/mol. The van der Waals surface area contributed by atoms with E-state index in [2.05, 4.69) is 126 Å². The van der Waals surface area contributed by atoms with Crippen molar-refractivity contribution in [1.82, 2.24) is 24.5 Å². The summed E-state index contributed by atoms with van der Waals surface area (Å²) in [5.41, 5.74) is 14.2. The highest BCUT2D eigenvalue weighted by atomic mass is 15.0. The van der Waals surface area contributed by atoms with E-state index >= 15 is 0 Å². The van der Waals surface area contributed by atoms with Gasteiger partial charge >= 0.3 is 0 Å². The molecule has 7 heteroatoms. The number of fused-ring (bicyclic) bond motifs is 3. The van der Waals surface area contributed by atoms with E-state index in [4.69, 9.17) is 19.9 Å². The van der Waals surface area contributed by atoms with E-state index in [0.717, 1.165) is 94.8 Å². The lowest BCUT2D eigenvalue weighted by Gasteiger charge is -2.17. The van der Waals surface area contributed by atoms with Crippen molar-refractivity contribution >= 4 is 21.8 Å². The molecule has 7 nitrogen and oxygen atoms in total. The average Bonchev–Trinajstić information content (AvgIpc) is 3.72.